The molecule has 0 amide bonds. The van der Waals surface area contributed by atoms with Gasteiger partial charge in [0.2, 0.25) is 0 Å². The molecule has 1 heterocycles. The van der Waals surface area contributed by atoms with Crippen LogP contribution in [0.2, 0.25) is 0 Å². The zero-order chi connectivity index (χ0) is 10.6. The topological polar surface area (TPSA) is 41.7 Å². The minimum absolute atomic E-state index is 0.0933. The normalized spacial score (nSPS) is 27.9. The summed E-state index contributed by atoms with van der Waals surface area (Å²) in [6.07, 6.45) is 1.06. The fraction of sp³-hybridized carbons (Fsp3) is 1.00. The highest BCUT2D eigenvalue weighted by Crippen LogP contribution is 2.23. The Balaban J connectivity index is 2.43. The number of hydrogen-bond acceptors (Lipinski definition) is 4. The average molecular weight is 201 g/mol. The number of likely N-dealkylation sites (N-methyl/N-ethyl adjacent to an activating group) is 2. The molecular formula is C10H23N3O. The predicted molar refractivity (Wildman–Crippen MR) is 58.4 cm³/mol. The van der Waals surface area contributed by atoms with E-state index in [0.717, 1.165) is 32.7 Å². The van der Waals surface area contributed by atoms with Crippen molar-refractivity contribution in [2.45, 2.75) is 12.0 Å². The maximum Gasteiger partial charge on any atom is 0.0663 e. The van der Waals surface area contributed by atoms with E-state index in [1.165, 1.54) is 0 Å². The molecule has 4 heteroatoms. The van der Waals surface area contributed by atoms with Crippen molar-refractivity contribution in [2.75, 3.05) is 54.0 Å². The lowest BCUT2D eigenvalue weighted by Crippen LogP contribution is -2.54. The summed E-state index contributed by atoms with van der Waals surface area (Å²) in [5.41, 5.74) is 5.93. The van der Waals surface area contributed by atoms with Crippen molar-refractivity contribution >= 4 is 0 Å². The van der Waals surface area contributed by atoms with Crippen molar-refractivity contribution in [1.29, 1.82) is 0 Å². The van der Waals surface area contributed by atoms with Crippen LogP contribution in [0.25, 0.3) is 0 Å². The molecule has 14 heavy (non-hydrogen) atoms. The minimum atomic E-state index is 0.0933. The Morgan fingerprint density at radius 3 is 2.43 bits per heavy atom. The first kappa shape index (κ1) is 11.9. The van der Waals surface area contributed by atoms with Crippen LogP contribution in [0, 0.1) is 0 Å². The van der Waals surface area contributed by atoms with Gasteiger partial charge < -0.3 is 15.4 Å². The molecule has 1 saturated heterocycles. The molecule has 0 bridgehead atoms. The summed E-state index contributed by atoms with van der Waals surface area (Å²) in [7, 11) is 6.33. The first-order valence-electron chi connectivity index (χ1n) is 5.24. The van der Waals surface area contributed by atoms with Gasteiger partial charge in [0.05, 0.1) is 12.1 Å². The molecule has 0 saturated carbocycles. The summed E-state index contributed by atoms with van der Waals surface area (Å²) in [4.78, 5) is 4.54. The third-order valence-electron chi connectivity index (χ3n) is 3.15. The largest absolute Gasteiger partial charge is 0.379 e. The van der Waals surface area contributed by atoms with E-state index in [-0.39, 0.29) is 5.54 Å². The Bertz CT molecular complexity index is 167. The second kappa shape index (κ2) is 5.07. The van der Waals surface area contributed by atoms with Crippen LogP contribution in [-0.2, 0) is 4.74 Å². The fourth-order valence-corrected chi connectivity index (χ4v) is 1.80. The molecule has 0 aromatic carbocycles. The molecule has 1 aliphatic rings. The van der Waals surface area contributed by atoms with Crippen LogP contribution >= 0.6 is 0 Å². The number of ether oxygens (including phenoxy) is 1. The lowest BCUT2D eigenvalue weighted by atomic mass is 9.97. The van der Waals surface area contributed by atoms with Crippen molar-refractivity contribution in [3.05, 3.63) is 0 Å². The number of hydrogen-bond donors (Lipinski definition) is 1. The smallest absolute Gasteiger partial charge is 0.0663 e. The molecule has 1 unspecified atom stereocenters. The van der Waals surface area contributed by atoms with Crippen molar-refractivity contribution in [2.24, 2.45) is 5.73 Å². The van der Waals surface area contributed by atoms with E-state index in [9.17, 15) is 0 Å². The van der Waals surface area contributed by atoms with Gasteiger partial charge in [-0.2, -0.15) is 0 Å². The van der Waals surface area contributed by atoms with Crippen LogP contribution in [0.5, 0.6) is 0 Å². The van der Waals surface area contributed by atoms with Gasteiger partial charge in [-0.15, -0.1) is 0 Å². The second-order valence-electron chi connectivity index (χ2n) is 4.46. The Labute approximate surface area is 87.0 Å². The molecule has 1 fully saturated rings. The van der Waals surface area contributed by atoms with Gasteiger partial charge in [0, 0.05) is 26.2 Å². The van der Waals surface area contributed by atoms with Crippen LogP contribution in [0.15, 0.2) is 0 Å². The maximum atomic E-state index is 5.84. The van der Waals surface area contributed by atoms with Crippen molar-refractivity contribution in [3.63, 3.8) is 0 Å². The van der Waals surface area contributed by atoms with Gasteiger partial charge in [-0.1, -0.05) is 0 Å². The molecule has 1 rings (SSSR count). The molecule has 0 aliphatic carbocycles. The first-order chi connectivity index (χ1) is 6.60. The molecule has 4 nitrogen and oxygen atoms in total. The number of rotatable bonds is 5. The average Bonchev–Trinajstić information content (AvgIpc) is 2.63. The van der Waals surface area contributed by atoms with Crippen molar-refractivity contribution in [3.8, 4) is 0 Å². The summed E-state index contributed by atoms with van der Waals surface area (Å²) >= 11 is 0. The van der Waals surface area contributed by atoms with Gasteiger partial charge in [0.1, 0.15) is 0 Å². The zero-order valence-corrected chi connectivity index (χ0v) is 9.62. The van der Waals surface area contributed by atoms with Crippen molar-refractivity contribution < 1.29 is 4.74 Å². The summed E-state index contributed by atoms with van der Waals surface area (Å²) in [6.45, 7) is 4.44. The highest BCUT2D eigenvalue weighted by molar-refractivity contribution is 4.93. The van der Waals surface area contributed by atoms with Gasteiger partial charge >= 0.3 is 0 Å². The van der Waals surface area contributed by atoms with Crippen LogP contribution < -0.4 is 5.73 Å². The van der Waals surface area contributed by atoms with E-state index in [4.69, 9.17) is 10.5 Å². The first-order valence-corrected chi connectivity index (χ1v) is 5.24. The van der Waals surface area contributed by atoms with Gasteiger partial charge in [0.15, 0.2) is 0 Å². The molecule has 0 spiro atoms. The van der Waals surface area contributed by atoms with E-state index >= 15 is 0 Å². The summed E-state index contributed by atoms with van der Waals surface area (Å²) in [5, 5.41) is 0. The molecule has 0 radical (unpaired) electrons. The standard InChI is InChI=1S/C10H23N3O/c1-12(2)5-6-13(3)10(8-11)4-7-14-9-10/h4-9,11H2,1-3H3. The quantitative estimate of drug-likeness (QED) is 0.657. The highest BCUT2D eigenvalue weighted by Gasteiger charge is 2.37. The Kier molecular flexibility index (Phi) is 4.31. The van der Waals surface area contributed by atoms with E-state index in [2.05, 4.69) is 30.9 Å². The lowest BCUT2D eigenvalue weighted by molar-refractivity contribution is 0.0883. The van der Waals surface area contributed by atoms with Crippen LogP contribution in [-0.4, -0.2) is 69.3 Å². The zero-order valence-electron chi connectivity index (χ0n) is 9.62. The Morgan fingerprint density at radius 2 is 2.00 bits per heavy atom. The van der Waals surface area contributed by atoms with Crippen LogP contribution in [0.3, 0.4) is 0 Å². The van der Waals surface area contributed by atoms with E-state index in [1.54, 1.807) is 0 Å². The SMILES string of the molecule is CN(C)CCN(C)C1(CN)CCOC1. The molecule has 1 atom stereocenters. The number of nitrogens with zero attached hydrogens (tertiary/aromatic N) is 2. The third kappa shape index (κ3) is 2.67. The monoisotopic (exact) mass is 201 g/mol. The highest BCUT2D eigenvalue weighted by atomic mass is 16.5. The summed E-state index contributed by atoms with van der Waals surface area (Å²) in [6, 6.07) is 0. The van der Waals surface area contributed by atoms with Gasteiger partial charge in [-0.05, 0) is 27.6 Å². The Morgan fingerprint density at radius 1 is 1.29 bits per heavy atom. The maximum absolute atomic E-state index is 5.84. The van der Waals surface area contributed by atoms with Crippen LogP contribution in [0.1, 0.15) is 6.42 Å². The predicted octanol–water partition coefficient (Wildman–Crippen LogP) is -0.402. The molecule has 0 aromatic heterocycles. The minimum Gasteiger partial charge on any atom is -0.379 e. The summed E-state index contributed by atoms with van der Waals surface area (Å²) < 4.78 is 5.44. The molecule has 1 aliphatic heterocycles. The second-order valence-corrected chi connectivity index (χ2v) is 4.46. The van der Waals surface area contributed by atoms with Crippen molar-refractivity contribution in [1.82, 2.24) is 9.80 Å². The van der Waals surface area contributed by atoms with E-state index in [1.807, 2.05) is 0 Å². The Hall–Kier alpha value is -0.160. The van der Waals surface area contributed by atoms with E-state index in [0.29, 0.717) is 6.54 Å². The fourth-order valence-electron chi connectivity index (χ4n) is 1.80. The molecule has 2 N–H and O–H groups in total. The molecule has 0 aromatic rings. The van der Waals surface area contributed by atoms with Gasteiger partial charge in [0.25, 0.3) is 0 Å². The lowest BCUT2D eigenvalue weighted by Gasteiger charge is -2.37. The van der Waals surface area contributed by atoms with Gasteiger partial charge in [-0.3, -0.25) is 4.90 Å². The number of nitrogens with two attached hydrogens (primary N) is 1. The summed E-state index contributed by atoms with van der Waals surface area (Å²) in [5.74, 6) is 0. The van der Waals surface area contributed by atoms with Gasteiger partial charge in [-0.25, -0.2) is 0 Å². The van der Waals surface area contributed by atoms with Crippen LogP contribution in [0.4, 0.5) is 0 Å². The third-order valence-corrected chi connectivity index (χ3v) is 3.15. The molecular weight excluding hydrogens is 178 g/mol. The molecule has 84 valence electrons. The van der Waals surface area contributed by atoms with E-state index < -0.39 is 0 Å².